The average molecular weight is 338 g/mol. The average Bonchev–Trinajstić information content (AvgIpc) is 2.54. The second kappa shape index (κ2) is 11.3. The van der Waals surface area contributed by atoms with Crippen molar-refractivity contribution in [3.63, 3.8) is 0 Å². The Balaban J connectivity index is 2.23. The Morgan fingerprint density at radius 3 is 2.38 bits per heavy atom. The first-order valence-electron chi connectivity index (χ1n) is 8.37. The van der Waals surface area contributed by atoms with Crippen LogP contribution in [-0.2, 0) is 14.3 Å². The maximum absolute atomic E-state index is 11.6. The van der Waals surface area contributed by atoms with Crippen molar-refractivity contribution in [2.75, 3.05) is 19.8 Å². The minimum absolute atomic E-state index is 0.128. The van der Waals surface area contributed by atoms with E-state index in [0.717, 1.165) is 25.7 Å². The molecule has 0 radical (unpaired) electrons. The molecular formula is C18H26O6. The fourth-order valence-corrected chi connectivity index (χ4v) is 2.13. The number of rotatable bonds is 11. The molecule has 0 unspecified atom stereocenters. The molecule has 0 saturated carbocycles. The molecule has 1 N–H and O–H groups in total. The monoisotopic (exact) mass is 338 g/mol. The zero-order valence-electron chi connectivity index (χ0n) is 14.4. The van der Waals surface area contributed by atoms with Gasteiger partial charge in [0.1, 0.15) is 17.1 Å². The SMILES string of the molecule is CCOC(=O)CCCCCCOc1ccc(C(=O)OCC)c(O)c1. The van der Waals surface area contributed by atoms with Gasteiger partial charge in [0.15, 0.2) is 0 Å². The summed E-state index contributed by atoms with van der Waals surface area (Å²) in [6, 6.07) is 4.53. The van der Waals surface area contributed by atoms with Crippen molar-refractivity contribution in [2.45, 2.75) is 46.0 Å². The van der Waals surface area contributed by atoms with Gasteiger partial charge in [-0.15, -0.1) is 0 Å². The summed E-state index contributed by atoms with van der Waals surface area (Å²) in [7, 11) is 0. The van der Waals surface area contributed by atoms with Gasteiger partial charge < -0.3 is 19.3 Å². The van der Waals surface area contributed by atoms with Crippen molar-refractivity contribution in [1.82, 2.24) is 0 Å². The summed E-state index contributed by atoms with van der Waals surface area (Å²) in [6.45, 7) is 4.70. The largest absolute Gasteiger partial charge is 0.507 e. The maximum atomic E-state index is 11.6. The lowest BCUT2D eigenvalue weighted by Crippen LogP contribution is -2.05. The zero-order chi connectivity index (χ0) is 17.8. The van der Waals surface area contributed by atoms with Crippen LogP contribution in [0.1, 0.15) is 56.3 Å². The van der Waals surface area contributed by atoms with E-state index in [2.05, 4.69) is 0 Å². The third-order valence-electron chi connectivity index (χ3n) is 3.31. The summed E-state index contributed by atoms with van der Waals surface area (Å²) in [4.78, 5) is 22.7. The van der Waals surface area contributed by atoms with E-state index in [9.17, 15) is 14.7 Å². The van der Waals surface area contributed by atoms with Crippen LogP contribution in [0.15, 0.2) is 18.2 Å². The van der Waals surface area contributed by atoms with Crippen LogP contribution in [0, 0.1) is 0 Å². The lowest BCUT2D eigenvalue weighted by Gasteiger charge is -2.09. The van der Waals surface area contributed by atoms with Gasteiger partial charge in [0.25, 0.3) is 0 Å². The Labute approximate surface area is 142 Å². The number of phenols is 1. The quantitative estimate of drug-likeness (QED) is 0.491. The molecule has 0 aliphatic rings. The van der Waals surface area contributed by atoms with Crippen LogP contribution in [0.2, 0.25) is 0 Å². The minimum Gasteiger partial charge on any atom is -0.507 e. The molecule has 24 heavy (non-hydrogen) atoms. The van der Waals surface area contributed by atoms with Gasteiger partial charge in [-0.05, 0) is 38.8 Å². The summed E-state index contributed by atoms with van der Waals surface area (Å²) >= 11 is 0. The number of hydrogen-bond acceptors (Lipinski definition) is 6. The van der Waals surface area contributed by atoms with E-state index in [0.29, 0.717) is 25.4 Å². The van der Waals surface area contributed by atoms with Crippen LogP contribution in [0.25, 0.3) is 0 Å². The van der Waals surface area contributed by atoms with Gasteiger partial charge in [-0.1, -0.05) is 12.8 Å². The molecule has 0 bridgehead atoms. The van der Waals surface area contributed by atoms with Crippen LogP contribution in [0.5, 0.6) is 11.5 Å². The smallest absolute Gasteiger partial charge is 0.341 e. The Kier molecular flexibility index (Phi) is 9.34. The molecule has 0 fully saturated rings. The van der Waals surface area contributed by atoms with Crippen molar-refractivity contribution < 1.29 is 28.9 Å². The normalized spacial score (nSPS) is 10.2. The second-order valence-corrected chi connectivity index (χ2v) is 5.22. The van der Waals surface area contributed by atoms with Crippen LogP contribution in [-0.4, -0.2) is 36.9 Å². The van der Waals surface area contributed by atoms with Crippen LogP contribution in [0.4, 0.5) is 0 Å². The number of unbranched alkanes of at least 4 members (excludes halogenated alkanes) is 3. The number of phenolic OH excluding ortho intramolecular Hbond substituents is 1. The maximum Gasteiger partial charge on any atom is 0.341 e. The van der Waals surface area contributed by atoms with Crippen LogP contribution >= 0.6 is 0 Å². The van der Waals surface area contributed by atoms with E-state index < -0.39 is 5.97 Å². The third kappa shape index (κ3) is 7.35. The lowest BCUT2D eigenvalue weighted by atomic mass is 10.1. The third-order valence-corrected chi connectivity index (χ3v) is 3.31. The summed E-state index contributed by atoms with van der Waals surface area (Å²) in [5, 5.41) is 9.83. The second-order valence-electron chi connectivity index (χ2n) is 5.22. The predicted octanol–water partition coefficient (Wildman–Crippen LogP) is 3.46. The Morgan fingerprint density at radius 2 is 1.71 bits per heavy atom. The fourth-order valence-electron chi connectivity index (χ4n) is 2.13. The van der Waals surface area contributed by atoms with Crippen molar-refractivity contribution in [3.05, 3.63) is 23.8 Å². The van der Waals surface area contributed by atoms with E-state index in [-0.39, 0.29) is 23.9 Å². The van der Waals surface area contributed by atoms with E-state index in [1.807, 2.05) is 0 Å². The van der Waals surface area contributed by atoms with Crippen LogP contribution in [0.3, 0.4) is 0 Å². The van der Waals surface area contributed by atoms with E-state index in [4.69, 9.17) is 14.2 Å². The van der Waals surface area contributed by atoms with E-state index >= 15 is 0 Å². The molecule has 0 heterocycles. The number of carbonyl (C=O) groups is 2. The molecule has 1 rings (SSSR count). The van der Waals surface area contributed by atoms with Gasteiger partial charge in [0.05, 0.1) is 19.8 Å². The standard InChI is InChI=1S/C18H26O6/c1-3-22-17(20)9-7-5-6-8-12-24-14-10-11-15(16(19)13-14)18(21)23-4-2/h10-11,13,19H,3-9,12H2,1-2H3. The molecule has 1 aromatic carbocycles. The number of benzene rings is 1. The Bertz CT molecular complexity index is 526. The highest BCUT2D eigenvalue weighted by atomic mass is 16.5. The molecule has 0 aliphatic carbocycles. The number of esters is 2. The summed E-state index contributed by atoms with van der Waals surface area (Å²) in [5.41, 5.74) is 0.128. The molecule has 1 aromatic rings. The molecule has 0 atom stereocenters. The molecule has 0 aliphatic heterocycles. The predicted molar refractivity (Wildman–Crippen MR) is 89.3 cm³/mol. The molecule has 134 valence electrons. The van der Waals surface area contributed by atoms with Crippen molar-refractivity contribution in [2.24, 2.45) is 0 Å². The van der Waals surface area contributed by atoms with Gasteiger partial charge >= 0.3 is 11.9 Å². The first kappa shape index (κ1) is 19.8. The highest BCUT2D eigenvalue weighted by Gasteiger charge is 2.12. The van der Waals surface area contributed by atoms with Crippen LogP contribution < -0.4 is 4.74 Å². The number of ether oxygens (including phenoxy) is 3. The first-order valence-corrected chi connectivity index (χ1v) is 8.37. The number of carbonyl (C=O) groups excluding carboxylic acids is 2. The molecule has 6 heteroatoms. The molecule has 0 aromatic heterocycles. The fraction of sp³-hybridized carbons (Fsp3) is 0.556. The first-order chi connectivity index (χ1) is 11.6. The highest BCUT2D eigenvalue weighted by Crippen LogP contribution is 2.24. The number of hydrogen-bond donors (Lipinski definition) is 1. The van der Waals surface area contributed by atoms with Crippen molar-refractivity contribution >= 4 is 11.9 Å². The molecule has 0 saturated heterocycles. The van der Waals surface area contributed by atoms with Crippen molar-refractivity contribution in [1.29, 1.82) is 0 Å². The summed E-state index contributed by atoms with van der Waals surface area (Å²) in [6.07, 6.45) is 4.01. The topological polar surface area (TPSA) is 82.1 Å². The molecular weight excluding hydrogens is 312 g/mol. The summed E-state index contributed by atoms with van der Waals surface area (Å²) < 4.78 is 15.2. The van der Waals surface area contributed by atoms with Gasteiger partial charge in [-0.3, -0.25) is 4.79 Å². The van der Waals surface area contributed by atoms with Gasteiger partial charge in [0, 0.05) is 12.5 Å². The Hall–Kier alpha value is -2.24. The minimum atomic E-state index is -0.553. The van der Waals surface area contributed by atoms with E-state index in [1.54, 1.807) is 19.9 Å². The van der Waals surface area contributed by atoms with Crippen molar-refractivity contribution in [3.8, 4) is 11.5 Å². The Morgan fingerprint density at radius 1 is 1.00 bits per heavy atom. The highest BCUT2D eigenvalue weighted by molar-refractivity contribution is 5.92. The molecule has 0 amide bonds. The van der Waals surface area contributed by atoms with Gasteiger partial charge in [0.2, 0.25) is 0 Å². The zero-order valence-corrected chi connectivity index (χ0v) is 14.4. The summed E-state index contributed by atoms with van der Waals surface area (Å²) in [5.74, 6) is -0.346. The van der Waals surface area contributed by atoms with E-state index in [1.165, 1.54) is 12.1 Å². The number of aromatic hydroxyl groups is 1. The molecule has 6 nitrogen and oxygen atoms in total. The van der Waals surface area contributed by atoms with Gasteiger partial charge in [-0.2, -0.15) is 0 Å². The van der Waals surface area contributed by atoms with Gasteiger partial charge in [-0.25, -0.2) is 4.79 Å². The lowest BCUT2D eigenvalue weighted by molar-refractivity contribution is -0.143. The molecule has 0 spiro atoms.